The molecule has 1 amide bonds. The number of nitrogens with one attached hydrogen (secondary N) is 1. The molecular weight excluding hydrogens is 321 g/mol. The van der Waals surface area contributed by atoms with E-state index in [1.807, 2.05) is 13.8 Å². The predicted octanol–water partition coefficient (Wildman–Crippen LogP) is 3.12. The number of benzene rings is 1. The minimum Gasteiger partial charge on any atom is -0.307 e. The zero-order chi connectivity index (χ0) is 15.9. The summed E-state index contributed by atoms with van der Waals surface area (Å²) in [6, 6.07) is 6.11. The molecule has 1 saturated heterocycles. The van der Waals surface area contributed by atoms with Gasteiger partial charge in [-0.1, -0.05) is 24.0 Å². The second kappa shape index (κ2) is 5.66. The van der Waals surface area contributed by atoms with Crippen LogP contribution in [0.15, 0.2) is 29.2 Å². The van der Waals surface area contributed by atoms with Gasteiger partial charge in [0, 0.05) is 11.3 Å². The molecule has 1 fully saturated rings. The molecule has 2 aromatic rings. The molecule has 1 aromatic carbocycles. The summed E-state index contributed by atoms with van der Waals surface area (Å²) in [5.74, 6) is -0.483. The van der Waals surface area contributed by atoms with Crippen LogP contribution < -0.4 is 5.32 Å². The van der Waals surface area contributed by atoms with Gasteiger partial charge in [0.25, 0.3) is 5.91 Å². The Kier molecular flexibility index (Phi) is 3.84. The fraction of sp³-hybridized carbons (Fsp3) is 0.133. The molecule has 0 spiro atoms. The molecule has 3 rings (SSSR count). The molecule has 22 heavy (non-hydrogen) atoms. The van der Waals surface area contributed by atoms with Gasteiger partial charge in [-0.15, -0.1) is 0 Å². The van der Waals surface area contributed by atoms with E-state index in [0.29, 0.717) is 9.23 Å². The fourth-order valence-corrected chi connectivity index (χ4v) is 3.28. The van der Waals surface area contributed by atoms with Crippen molar-refractivity contribution in [3.05, 3.63) is 51.9 Å². The van der Waals surface area contributed by atoms with E-state index >= 15 is 0 Å². The van der Waals surface area contributed by atoms with Crippen molar-refractivity contribution >= 4 is 40.3 Å². The summed E-state index contributed by atoms with van der Waals surface area (Å²) in [6.07, 6.45) is 1.79. The fourth-order valence-electron chi connectivity index (χ4n) is 2.25. The number of hydrogen-bond donors (Lipinski definition) is 1. The number of hydrogen-bond acceptors (Lipinski definition) is 4. The minimum atomic E-state index is -0.292. The molecule has 0 saturated carbocycles. The predicted molar refractivity (Wildman–Crippen MR) is 89.3 cm³/mol. The van der Waals surface area contributed by atoms with Crippen molar-refractivity contribution in [1.29, 1.82) is 0 Å². The number of thioether (sulfide) groups is 1. The molecule has 0 radical (unpaired) electrons. The van der Waals surface area contributed by atoms with Crippen LogP contribution in [0.1, 0.15) is 17.0 Å². The largest absolute Gasteiger partial charge is 0.307 e. The first-order valence-corrected chi connectivity index (χ1v) is 7.75. The highest BCUT2D eigenvalue weighted by atomic mass is 32.2. The van der Waals surface area contributed by atoms with E-state index in [1.54, 1.807) is 22.9 Å². The van der Waals surface area contributed by atoms with Gasteiger partial charge in [-0.05, 0) is 44.2 Å². The molecule has 1 N–H and O–H groups in total. The van der Waals surface area contributed by atoms with Crippen LogP contribution in [-0.4, -0.2) is 20.0 Å². The first-order valence-electron chi connectivity index (χ1n) is 6.53. The average Bonchev–Trinajstić information content (AvgIpc) is 2.93. The zero-order valence-electron chi connectivity index (χ0n) is 11.9. The Bertz CT molecular complexity index is 809. The summed E-state index contributed by atoms with van der Waals surface area (Å²) in [5.41, 5.74) is 3.31. The van der Waals surface area contributed by atoms with E-state index in [1.165, 1.54) is 23.9 Å². The molecule has 7 heteroatoms. The standard InChI is InChI=1S/C15H12FN3OS2/c1-8-12(7-13-14(20)17-15(21)22-13)9(2)19(18-8)11-5-3-10(16)4-6-11/h3-7H,1-2H3,(H,17,20,21)/b13-7-. The molecule has 1 aromatic heterocycles. The van der Waals surface area contributed by atoms with Gasteiger partial charge in [-0.2, -0.15) is 5.10 Å². The van der Waals surface area contributed by atoms with Crippen LogP contribution in [-0.2, 0) is 4.79 Å². The Morgan fingerprint density at radius 1 is 1.32 bits per heavy atom. The van der Waals surface area contributed by atoms with Crippen LogP contribution in [0, 0.1) is 19.7 Å². The Labute approximate surface area is 136 Å². The van der Waals surface area contributed by atoms with Crippen molar-refractivity contribution in [3.8, 4) is 5.69 Å². The number of aryl methyl sites for hydroxylation is 1. The zero-order valence-corrected chi connectivity index (χ0v) is 13.5. The number of amides is 1. The van der Waals surface area contributed by atoms with E-state index in [0.717, 1.165) is 22.6 Å². The number of rotatable bonds is 2. The molecule has 2 heterocycles. The highest BCUT2D eigenvalue weighted by Gasteiger charge is 2.23. The van der Waals surface area contributed by atoms with Gasteiger partial charge < -0.3 is 5.32 Å². The van der Waals surface area contributed by atoms with Crippen molar-refractivity contribution in [1.82, 2.24) is 15.1 Å². The SMILES string of the molecule is Cc1nn(-c2ccc(F)cc2)c(C)c1/C=C1\SC(=S)NC1=O. The third-order valence-electron chi connectivity index (χ3n) is 3.34. The lowest BCUT2D eigenvalue weighted by molar-refractivity contribution is -0.115. The van der Waals surface area contributed by atoms with Crippen molar-refractivity contribution in [3.63, 3.8) is 0 Å². The summed E-state index contributed by atoms with van der Waals surface area (Å²) in [7, 11) is 0. The minimum absolute atomic E-state index is 0.191. The summed E-state index contributed by atoms with van der Waals surface area (Å²) < 4.78 is 15.2. The lowest BCUT2D eigenvalue weighted by atomic mass is 10.2. The maximum Gasteiger partial charge on any atom is 0.263 e. The lowest BCUT2D eigenvalue weighted by Gasteiger charge is -2.04. The van der Waals surface area contributed by atoms with Crippen LogP contribution in [0.4, 0.5) is 4.39 Å². The van der Waals surface area contributed by atoms with Crippen LogP contribution in [0.3, 0.4) is 0 Å². The van der Waals surface area contributed by atoms with Crippen LogP contribution in [0.5, 0.6) is 0 Å². The first-order chi connectivity index (χ1) is 10.5. The maximum atomic E-state index is 13.0. The molecular formula is C15H12FN3OS2. The van der Waals surface area contributed by atoms with Crippen molar-refractivity contribution < 1.29 is 9.18 Å². The van der Waals surface area contributed by atoms with Crippen LogP contribution >= 0.6 is 24.0 Å². The number of carbonyl (C=O) groups excluding carboxylic acids is 1. The number of nitrogens with zero attached hydrogens (tertiary/aromatic N) is 2. The Balaban J connectivity index is 2.04. The molecule has 1 aliphatic heterocycles. The van der Waals surface area contributed by atoms with Gasteiger partial charge in [-0.25, -0.2) is 9.07 Å². The van der Waals surface area contributed by atoms with Crippen LogP contribution in [0.25, 0.3) is 11.8 Å². The summed E-state index contributed by atoms with van der Waals surface area (Å²) in [6.45, 7) is 3.78. The van der Waals surface area contributed by atoms with Gasteiger partial charge >= 0.3 is 0 Å². The Morgan fingerprint density at radius 2 is 2.00 bits per heavy atom. The highest BCUT2D eigenvalue weighted by Crippen LogP contribution is 2.28. The molecule has 0 atom stereocenters. The van der Waals surface area contributed by atoms with Gasteiger partial charge in [-0.3, -0.25) is 4.79 Å². The maximum absolute atomic E-state index is 13.0. The van der Waals surface area contributed by atoms with Gasteiger partial charge in [0.15, 0.2) is 0 Å². The molecule has 0 bridgehead atoms. The smallest absolute Gasteiger partial charge is 0.263 e. The summed E-state index contributed by atoms with van der Waals surface area (Å²) in [5, 5.41) is 7.06. The van der Waals surface area contributed by atoms with Crippen molar-refractivity contribution in [2.75, 3.05) is 0 Å². The van der Waals surface area contributed by atoms with Crippen molar-refractivity contribution in [2.24, 2.45) is 0 Å². The number of thiocarbonyl (C=S) groups is 1. The molecule has 112 valence electrons. The quantitative estimate of drug-likeness (QED) is 0.678. The van der Waals surface area contributed by atoms with Crippen LogP contribution in [0.2, 0.25) is 0 Å². The topological polar surface area (TPSA) is 46.9 Å². The van der Waals surface area contributed by atoms with Gasteiger partial charge in [0.1, 0.15) is 10.1 Å². The number of aromatic nitrogens is 2. The summed E-state index contributed by atoms with van der Waals surface area (Å²) >= 11 is 6.22. The van der Waals surface area contributed by atoms with Crippen molar-refractivity contribution in [2.45, 2.75) is 13.8 Å². The van der Waals surface area contributed by atoms with Gasteiger partial charge in [0.05, 0.1) is 16.3 Å². The van der Waals surface area contributed by atoms with E-state index in [2.05, 4.69) is 10.4 Å². The normalized spacial score (nSPS) is 16.4. The average molecular weight is 333 g/mol. The van der Waals surface area contributed by atoms with E-state index < -0.39 is 0 Å². The highest BCUT2D eigenvalue weighted by molar-refractivity contribution is 8.26. The monoisotopic (exact) mass is 333 g/mol. The third-order valence-corrected chi connectivity index (χ3v) is 4.50. The Morgan fingerprint density at radius 3 is 2.59 bits per heavy atom. The lowest BCUT2D eigenvalue weighted by Crippen LogP contribution is -2.17. The first kappa shape index (κ1) is 14.9. The second-order valence-electron chi connectivity index (χ2n) is 4.82. The van der Waals surface area contributed by atoms with E-state index in [9.17, 15) is 9.18 Å². The molecule has 4 nitrogen and oxygen atoms in total. The number of carbonyl (C=O) groups is 1. The molecule has 0 unspecified atom stereocenters. The second-order valence-corrected chi connectivity index (χ2v) is 6.54. The van der Waals surface area contributed by atoms with E-state index in [4.69, 9.17) is 12.2 Å². The third kappa shape index (κ3) is 2.69. The summed E-state index contributed by atoms with van der Waals surface area (Å²) in [4.78, 5) is 12.3. The molecule has 0 aliphatic carbocycles. The molecule has 1 aliphatic rings. The van der Waals surface area contributed by atoms with Gasteiger partial charge in [0.2, 0.25) is 0 Å². The van der Waals surface area contributed by atoms with E-state index in [-0.39, 0.29) is 11.7 Å². The number of halogens is 1. The Hall–Kier alpha value is -1.99.